The van der Waals surface area contributed by atoms with Crippen LogP contribution in [0.3, 0.4) is 0 Å². The number of hydrogen-bond donors (Lipinski definition) is 1. The number of likely N-dealkylation sites (tertiary alicyclic amines) is 1. The molecular formula is C19H30N2O3. The first-order valence-electron chi connectivity index (χ1n) is 8.88. The van der Waals surface area contributed by atoms with Crippen molar-refractivity contribution in [2.75, 3.05) is 13.1 Å². The summed E-state index contributed by atoms with van der Waals surface area (Å²) in [5.74, 6) is 0.579. The summed E-state index contributed by atoms with van der Waals surface area (Å²) < 4.78 is 5.42. The van der Waals surface area contributed by atoms with Gasteiger partial charge in [0.25, 0.3) is 0 Å². The first kappa shape index (κ1) is 18.7. The number of aliphatic hydroxyl groups excluding tert-OH is 1. The van der Waals surface area contributed by atoms with E-state index in [4.69, 9.17) is 4.74 Å². The molecule has 1 fully saturated rings. The Kier molecular flexibility index (Phi) is 6.60. The lowest BCUT2D eigenvalue weighted by Gasteiger charge is -2.33. The fraction of sp³-hybridized carbons (Fsp3) is 0.684. The molecular weight excluding hydrogens is 304 g/mol. The van der Waals surface area contributed by atoms with Crippen LogP contribution in [0.15, 0.2) is 24.5 Å². The number of carbonyl (C=O) groups excluding carboxylic acids is 1. The highest BCUT2D eigenvalue weighted by Gasteiger charge is 2.26. The minimum atomic E-state index is -0.439. The second kappa shape index (κ2) is 8.47. The van der Waals surface area contributed by atoms with Gasteiger partial charge in [0.1, 0.15) is 5.60 Å². The van der Waals surface area contributed by atoms with Gasteiger partial charge in [-0.05, 0) is 76.5 Å². The molecule has 134 valence electrons. The molecule has 1 aromatic rings. The third-order valence-electron chi connectivity index (χ3n) is 4.40. The van der Waals surface area contributed by atoms with Gasteiger partial charge in [-0.1, -0.05) is 0 Å². The monoisotopic (exact) mass is 334 g/mol. The van der Waals surface area contributed by atoms with Crippen LogP contribution in [0.25, 0.3) is 0 Å². The summed E-state index contributed by atoms with van der Waals surface area (Å²) in [5.41, 5.74) is 0.683. The molecule has 1 aliphatic heterocycles. The number of nitrogens with zero attached hydrogens (tertiary/aromatic N) is 2. The maximum absolute atomic E-state index is 12.0. The van der Waals surface area contributed by atoms with Gasteiger partial charge in [0.2, 0.25) is 0 Å². The molecule has 0 saturated carbocycles. The Labute approximate surface area is 145 Å². The molecule has 2 heterocycles. The third kappa shape index (κ3) is 6.48. The van der Waals surface area contributed by atoms with E-state index in [1.807, 2.05) is 32.9 Å². The zero-order valence-corrected chi connectivity index (χ0v) is 15.1. The number of piperidine rings is 1. The molecule has 5 nitrogen and oxygen atoms in total. The van der Waals surface area contributed by atoms with Crippen molar-refractivity contribution in [2.45, 2.75) is 64.6 Å². The van der Waals surface area contributed by atoms with Gasteiger partial charge in [0, 0.05) is 25.5 Å². The molecule has 1 N–H and O–H groups in total. The third-order valence-corrected chi connectivity index (χ3v) is 4.40. The van der Waals surface area contributed by atoms with Crippen LogP contribution in [0.5, 0.6) is 0 Å². The van der Waals surface area contributed by atoms with Gasteiger partial charge in [-0.15, -0.1) is 0 Å². The lowest BCUT2D eigenvalue weighted by Crippen LogP contribution is -2.41. The van der Waals surface area contributed by atoms with E-state index < -0.39 is 5.60 Å². The molecule has 24 heavy (non-hydrogen) atoms. The van der Waals surface area contributed by atoms with Crippen molar-refractivity contribution in [3.63, 3.8) is 0 Å². The molecule has 5 heteroatoms. The first-order valence-corrected chi connectivity index (χ1v) is 8.88. The van der Waals surface area contributed by atoms with Gasteiger partial charge in [-0.25, -0.2) is 4.79 Å². The quantitative estimate of drug-likeness (QED) is 0.896. The summed E-state index contributed by atoms with van der Waals surface area (Å²) >= 11 is 0. The number of rotatable bonds is 5. The number of aliphatic hydroxyl groups is 1. The summed E-state index contributed by atoms with van der Waals surface area (Å²) in [6.45, 7) is 7.17. The van der Waals surface area contributed by atoms with E-state index in [1.54, 1.807) is 17.3 Å². The molecule has 2 rings (SSSR count). The maximum Gasteiger partial charge on any atom is 0.410 e. The second-order valence-electron chi connectivity index (χ2n) is 7.70. The number of hydrogen-bond acceptors (Lipinski definition) is 4. The summed E-state index contributed by atoms with van der Waals surface area (Å²) in [4.78, 5) is 17.8. The van der Waals surface area contributed by atoms with E-state index in [-0.39, 0.29) is 12.2 Å². The Balaban J connectivity index is 1.67. The zero-order chi connectivity index (χ0) is 17.6. The van der Waals surface area contributed by atoms with E-state index in [9.17, 15) is 9.90 Å². The highest BCUT2D eigenvalue weighted by atomic mass is 16.6. The van der Waals surface area contributed by atoms with Crippen LogP contribution >= 0.6 is 0 Å². The molecule has 1 unspecified atom stereocenters. The highest BCUT2D eigenvalue weighted by molar-refractivity contribution is 5.68. The number of amides is 1. The minimum Gasteiger partial charge on any atom is -0.444 e. The van der Waals surface area contributed by atoms with Gasteiger partial charge in [-0.2, -0.15) is 0 Å². The van der Waals surface area contributed by atoms with Crippen LogP contribution in [-0.2, 0) is 11.2 Å². The topological polar surface area (TPSA) is 62.7 Å². The highest BCUT2D eigenvalue weighted by Crippen LogP contribution is 2.24. The number of pyridine rings is 1. The van der Waals surface area contributed by atoms with Crippen molar-refractivity contribution >= 4 is 6.09 Å². The van der Waals surface area contributed by atoms with Gasteiger partial charge < -0.3 is 14.7 Å². The molecule has 0 spiro atoms. The van der Waals surface area contributed by atoms with Crippen molar-refractivity contribution in [2.24, 2.45) is 5.92 Å². The maximum atomic E-state index is 12.0. The fourth-order valence-corrected chi connectivity index (χ4v) is 3.05. The van der Waals surface area contributed by atoms with Gasteiger partial charge in [-0.3, -0.25) is 4.98 Å². The minimum absolute atomic E-state index is 0.210. The Bertz CT molecular complexity index is 505. The van der Waals surface area contributed by atoms with Crippen molar-refractivity contribution in [3.05, 3.63) is 30.1 Å². The summed E-state index contributed by atoms with van der Waals surface area (Å²) in [6.07, 6.45) is 7.47. The molecule has 1 amide bonds. The van der Waals surface area contributed by atoms with E-state index in [1.165, 1.54) is 0 Å². The number of aromatic nitrogens is 1. The van der Waals surface area contributed by atoms with Crippen molar-refractivity contribution in [3.8, 4) is 0 Å². The number of ether oxygens (including phenoxy) is 1. The van der Waals surface area contributed by atoms with E-state index in [0.717, 1.165) is 44.3 Å². The van der Waals surface area contributed by atoms with E-state index in [0.29, 0.717) is 12.3 Å². The molecule has 0 radical (unpaired) electrons. The van der Waals surface area contributed by atoms with Crippen molar-refractivity contribution in [1.82, 2.24) is 9.88 Å². The van der Waals surface area contributed by atoms with Crippen molar-refractivity contribution in [1.29, 1.82) is 0 Å². The Morgan fingerprint density at radius 1 is 1.33 bits per heavy atom. The number of carbonyl (C=O) groups is 1. The smallest absolute Gasteiger partial charge is 0.410 e. The van der Waals surface area contributed by atoms with Crippen LogP contribution in [0.1, 0.15) is 52.0 Å². The predicted octanol–water partition coefficient (Wildman–Crippen LogP) is 3.41. The average Bonchev–Trinajstić information content (AvgIpc) is 2.53. The lowest BCUT2D eigenvalue weighted by atomic mass is 9.90. The zero-order valence-electron chi connectivity index (χ0n) is 15.1. The lowest BCUT2D eigenvalue weighted by molar-refractivity contribution is 0.0174. The molecule has 1 aromatic heterocycles. The Hall–Kier alpha value is -1.62. The molecule has 1 saturated heterocycles. The summed E-state index contributed by atoms with van der Waals surface area (Å²) in [7, 11) is 0. The second-order valence-corrected chi connectivity index (χ2v) is 7.70. The van der Waals surface area contributed by atoms with Crippen LogP contribution < -0.4 is 0 Å². The van der Waals surface area contributed by atoms with E-state index >= 15 is 0 Å². The van der Waals surface area contributed by atoms with E-state index in [2.05, 4.69) is 4.98 Å². The SMILES string of the molecule is CC(C)(C)OC(=O)N1CCC(CCC(O)Cc2ccncc2)CC1. The Morgan fingerprint density at radius 2 is 1.96 bits per heavy atom. The van der Waals surface area contributed by atoms with Crippen LogP contribution in [-0.4, -0.2) is 45.9 Å². The first-order chi connectivity index (χ1) is 11.3. The predicted molar refractivity (Wildman–Crippen MR) is 93.7 cm³/mol. The molecule has 1 atom stereocenters. The normalized spacial score (nSPS) is 17.6. The van der Waals surface area contributed by atoms with Crippen LogP contribution in [0.4, 0.5) is 4.79 Å². The van der Waals surface area contributed by atoms with Gasteiger partial charge in [0.05, 0.1) is 6.10 Å². The van der Waals surface area contributed by atoms with Crippen molar-refractivity contribution < 1.29 is 14.6 Å². The van der Waals surface area contributed by atoms with Gasteiger partial charge in [0.15, 0.2) is 0 Å². The molecule has 1 aliphatic rings. The van der Waals surface area contributed by atoms with Crippen LogP contribution in [0.2, 0.25) is 0 Å². The molecule has 0 aliphatic carbocycles. The Morgan fingerprint density at radius 3 is 2.54 bits per heavy atom. The van der Waals surface area contributed by atoms with Gasteiger partial charge >= 0.3 is 6.09 Å². The molecule has 0 aromatic carbocycles. The largest absolute Gasteiger partial charge is 0.444 e. The molecule has 0 bridgehead atoms. The van der Waals surface area contributed by atoms with Crippen LogP contribution in [0, 0.1) is 5.92 Å². The summed E-state index contributed by atoms with van der Waals surface area (Å²) in [5, 5.41) is 10.2. The fourth-order valence-electron chi connectivity index (χ4n) is 3.05. The standard InChI is InChI=1S/C19H30N2O3/c1-19(2,3)24-18(23)21-12-8-15(9-13-21)4-5-17(22)14-16-6-10-20-11-7-16/h6-7,10-11,15,17,22H,4-5,8-9,12-14H2,1-3H3. The average molecular weight is 334 g/mol. The summed E-state index contributed by atoms with van der Waals surface area (Å²) in [6, 6.07) is 3.89.